The van der Waals surface area contributed by atoms with Crippen molar-refractivity contribution in [1.82, 2.24) is 19.9 Å². The minimum atomic E-state index is -0.502. The summed E-state index contributed by atoms with van der Waals surface area (Å²) in [6.07, 6.45) is 2.89. The molecule has 1 unspecified atom stereocenters. The lowest BCUT2D eigenvalue weighted by atomic mass is 10.1. The molecular formula is C20H18F2N6O. The number of likely N-dealkylation sites (tertiary alicyclic amines) is 1. The zero-order valence-electron chi connectivity index (χ0n) is 15.3. The lowest BCUT2D eigenvalue weighted by molar-refractivity contribution is 0.222. The van der Waals surface area contributed by atoms with Crippen molar-refractivity contribution in [2.75, 3.05) is 24.1 Å². The van der Waals surface area contributed by atoms with E-state index in [-0.39, 0.29) is 23.5 Å². The van der Waals surface area contributed by atoms with Gasteiger partial charge in [-0.3, -0.25) is 5.32 Å². The molecule has 148 valence electrons. The molecule has 7 nitrogen and oxygen atoms in total. The van der Waals surface area contributed by atoms with E-state index in [1.54, 1.807) is 35.2 Å². The third kappa shape index (κ3) is 3.98. The molecule has 3 heterocycles. The number of aromatic nitrogens is 3. The van der Waals surface area contributed by atoms with Crippen LogP contribution < -0.4 is 11.1 Å². The van der Waals surface area contributed by atoms with Gasteiger partial charge in [0.15, 0.2) is 11.6 Å². The van der Waals surface area contributed by atoms with Gasteiger partial charge < -0.3 is 10.6 Å². The zero-order valence-corrected chi connectivity index (χ0v) is 15.3. The molecule has 1 atom stereocenters. The van der Waals surface area contributed by atoms with E-state index in [0.29, 0.717) is 36.6 Å². The van der Waals surface area contributed by atoms with Gasteiger partial charge in [0.05, 0.1) is 23.8 Å². The summed E-state index contributed by atoms with van der Waals surface area (Å²) in [4.78, 5) is 26.5. The van der Waals surface area contributed by atoms with Crippen molar-refractivity contribution in [3.8, 4) is 11.3 Å². The van der Waals surface area contributed by atoms with Gasteiger partial charge >= 0.3 is 6.03 Å². The number of hydrogen-bond donors (Lipinski definition) is 2. The van der Waals surface area contributed by atoms with E-state index in [0.717, 1.165) is 12.4 Å². The van der Waals surface area contributed by atoms with Gasteiger partial charge in [0.2, 0.25) is 0 Å². The second-order valence-electron chi connectivity index (χ2n) is 6.74. The van der Waals surface area contributed by atoms with Gasteiger partial charge in [0, 0.05) is 24.6 Å². The molecule has 1 aliphatic rings. The second-order valence-corrected chi connectivity index (χ2v) is 6.74. The van der Waals surface area contributed by atoms with E-state index < -0.39 is 11.6 Å². The SMILES string of the molecule is Nc1ccc(-c2ccccc2F)nc1NC(=O)N1CCC(c2ncc(F)cn2)C1. The van der Waals surface area contributed by atoms with Crippen LogP contribution in [0.3, 0.4) is 0 Å². The first kappa shape index (κ1) is 18.7. The van der Waals surface area contributed by atoms with Gasteiger partial charge in [0.25, 0.3) is 0 Å². The minimum Gasteiger partial charge on any atom is -0.396 e. The molecule has 2 amide bonds. The fourth-order valence-electron chi connectivity index (χ4n) is 3.26. The van der Waals surface area contributed by atoms with Crippen molar-refractivity contribution in [1.29, 1.82) is 0 Å². The molecule has 2 aromatic heterocycles. The van der Waals surface area contributed by atoms with Gasteiger partial charge in [-0.15, -0.1) is 0 Å². The highest BCUT2D eigenvalue weighted by molar-refractivity contribution is 5.92. The number of hydrogen-bond acceptors (Lipinski definition) is 5. The number of nitrogens with two attached hydrogens (primary N) is 1. The molecule has 1 saturated heterocycles. The Morgan fingerprint density at radius 1 is 1.14 bits per heavy atom. The lowest BCUT2D eigenvalue weighted by Gasteiger charge is -2.18. The Balaban J connectivity index is 1.48. The van der Waals surface area contributed by atoms with Gasteiger partial charge in [-0.05, 0) is 30.7 Å². The van der Waals surface area contributed by atoms with Crippen molar-refractivity contribution < 1.29 is 13.6 Å². The highest BCUT2D eigenvalue weighted by Gasteiger charge is 2.29. The number of anilines is 2. The number of urea groups is 1. The molecule has 9 heteroatoms. The lowest BCUT2D eigenvalue weighted by Crippen LogP contribution is -2.33. The van der Waals surface area contributed by atoms with E-state index in [9.17, 15) is 13.6 Å². The molecule has 0 saturated carbocycles. The average Bonchev–Trinajstić information content (AvgIpc) is 3.21. The topological polar surface area (TPSA) is 97.0 Å². The van der Waals surface area contributed by atoms with Gasteiger partial charge in [-0.1, -0.05) is 12.1 Å². The molecule has 0 aliphatic carbocycles. The summed E-state index contributed by atoms with van der Waals surface area (Å²) in [6.45, 7) is 0.883. The Bertz CT molecular complexity index is 1040. The summed E-state index contributed by atoms with van der Waals surface area (Å²) in [6, 6.07) is 9.04. The maximum atomic E-state index is 14.0. The molecule has 3 aromatic rings. The van der Waals surface area contributed by atoms with Crippen molar-refractivity contribution in [2.24, 2.45) is 0 Å². The average molecular weight is 396 g/mol. The fourth-order valence-corrected chi connectivity index (χ4v) is 3.26. The van der Waals surface area contributed by atoms with Crippen LogP contribution in [0.25, 0.3) is 11.3 Å². The molecule has 1 aliphatic heterocycles. The number of nitrogens with zero attached hydrogens (tertiary/aromatic N) is 4. The molecule has 3 N–H and O–H groups in total. The van der Waals surface area contributed by atoms with Crippen molar-refractivity contribution >= 4 is 17.5 Å². The van der Waals surface area contributed by atoms with Crippen LogP contribution in [0.2, 0.25) is 0 Å². The number of carbonyl (C=O) groups excluding carboxylic acids is 1. The molecule has 4 rings (SSSR count). The summed E-state index contributed by atoms with van der Waals surface area (Å²) < 4.78 is 27.0. The monoisotopic (exact) mass is 396 g/mol. The number of nitrogens with one attached hydrogen (secondary N) is 1. The number of carbonyl (C=O) groups is 1. The van der Waals surface area contributed by atoms with Crippen LogP contribution in [-0.4, -0.2) is 39.0 Å². The third-order valence-corrected chi connectivity index (χ3v) is 4.78. The van der Waals surface area contributed by atoms with Crippen molar-refractivity contribution in [2.45, 2.75) is 12.3 Å². The second kappa shape index (κ2) is 7.78. The molecule has 29 heavy (non-hydrogen) atoms. The number of rotatable bonds is 3. The number of pyridine rings is 1. The maximum absolute atomic E-state index is 14.0. The van der Waals surface area contributed by atoms with E-state index in [1.165, 1.54) is 6.07 Å². The van der Waals surface area contributed by atoms with Crippen LogP contribution in [-0.2, 0) is 0 Å². The first-order valence-corrected chi connectivity index (χ1v) is 9.06. The van der Waals surface area contributed by atoms with E-state index in [1.807, 2.05) is 0 Å². The Hall–Kier alpha value is -3.62. The summed E-state index contributed by atoms with van der Waals surface area (Å²) >= 11 is 0. The van der Waals surface area contributed by atoms with Crippen LogP contribution in [0.4, 0.5) is 25.1 Å². The van der Waals surface area contributed by atoms with Crippen LogP contribution in [0.1, 0.15) is 18.2 Å². The minimum absolute atomic E-state index is 0.0728. The van der Waals surface area contributed by atoms with Gasteiger partial charge in [-0.2, -0.15) is 0 Å². The zero-order chi connectivity index (χ0) is 20.4. The standard InChI is InChI=1S/C20H18F2N6O/c21-13-9-24-18(25-10-13)12-7-8-28(11-12)20(29)27-19-16(23)5-6-17(26-19)14-3-1-2-4-15(14)22/h1-6,9-10,12H,7-8,11,23H2,(H,26,27,29). The number of benzene rings is 1. The first-order valence-electron chi connectivity index (χ1n) is 9.06. The predicted octanol–water partition coefficient (Wildman–Crippen LogP) is 3.42. The van der Waals surface area contributed by atoms with Gasteiger partial charge in [-0.25, -0.2) is 28.5 Å². The molecule has 0 bridgehead atoms. The largest absolute Gasteiger partial charge is 0.396 e. The van der Waals surface area contributed by atoms with E-state index in [4.69, 9.17) is 5.73 Å². The number of nitrogen functional groups attached to an aromatic ring is 1. The van der Waals surface area contributed by atoms with Crippen LogP contribution >= 0.6 is 0 Å². The Kier molecular flexibility index (Phi) is 5.03. The highest BCUT2D eigenvalue weighted by Crippen LogP contribution is 2.27. The maximum Gasteiger partial charge on any atom is 0.323 e. The first-order chi connectivity index (χ1) is 14.0. The van der Waals surface area contributed by atoms with Gasteiger partial charge in [0.1, 0.15) is 11.6 Å². The molecular weight excluding hydrogens is 378 g/mol. The van der Waals surface area contributed by atoms with E-state index >= 15 is 0 Å². The molecule has 0 radical (unpaired) electrons. The molecule has 1 fully saturated rings. The van der Waals surface area contributed by atoms with Crippen LogP contribution in [0, 0.1) is 11.6 Å². The summed E-state index contributed by atoms with van der Waals surface area (Å²) in [5.41, 5.74) is 6.90. The van der Waals surface area contributed by atoms with E-state index in [2.05, 4.69) is 20.3 Å². The quantitative estimate of drug-likeness (QED) is 0.707. The van der Waals surface area contributed by atoms with Crippen LogP contribution in [0.15, 0.2) is 48.8 Å². The number of halogens is 2. The highest BCUT2D eigenvalue weighted by atomic mass is 19.1. The Labute approximate surface area is 165 Å². The molecule has 1 aromatic carbocycles. The predicted molar refractivity (Wildman–Crippen MR) is 104 cm³/mol. The summed E-state index contributed by atoms with van der Waals surface area (Å²) in [7, 11) is 0. The summed E-state index contributed by atoms with van der Waals surface area (Å²) in [5.74, 6) is -0.323. The van der Waals surface area contributed by atoms with Crippen molar-refractivity contribution in [3.63, 3.8) is 0 Å². The smallest absolute Gasteiger partial charge is 0.323 e. The summed E-state index contributed by atoms with van der Waals surface area (Å²) in [5, 5.41) is 2.69. The van der Waals surface area contributed by atoms with Crippen LogP contribution in [0.5, 0.6) is 0 Å². The third-order valence-electron chi connectivity index (χ3n) is 4.78. The molecule has 0 spiro atoms. The number of amides is 2. The normalized spacial score (nSPS) is 16.1. The Morgan fingerprint density at radius 3 is 2.66 bits per heavy atom. The van der Waals surface area contributed by atoms with Crippen molar-refractivity contribution in [3.05, 3.63) is 66.3 Å². The fraction of sp³-hybridized carbons (Fsp3) is 0.200. The Morgan fingerprint density at radius 2 is 1.90 bits per heavy atom.